The molecule has 0 atom stereocenters. The molecule has 0 bridgehead atoms. The van der Waals surface area contributed by atoms with Crippen molar-refractivity contribution in [2.75, 3.05) is 0 Å². The molecular weight excluding hydrogens is 333 g/mol. The third-order valence-corrected chi connectivity index (χ3v) is 4.17. The average molecular weight is 346 g/mol. The van der Waals surface area contributed by atoms with Crippen molar-refractivity contribution >= 4 is 16.9 Å². The molecule has 0 aliphatic carbocycles. The molecule has 0 amide bonds. The van der Waals surface area contributed by atoms with E-state index >= 15 is 0 Å². The zero-order chi connectivity index (χ0) is 18.3. The van der Waals surface area contributed by atoms with Crippen molar-refractivity contribution in [1.82, 2.24) is 4.98 Å². The van der Waals surface area contributed by atoms with Crippen LogP contribution in [0.15, 0.2) is 65.1 Å². The van der Waals surface area contributed by atoms with Gasteiger partial charge in [-0.3, -0.25) is 0 Å². The summed E-state index contributed by atoms with van der Waals surface area (Å²) < 4.78 is 18.9. The van der Waals surface area contributed by atoms with Gasteiger partial charge in [-0.05, 0) is 61.5 Å². The number of aryl methyl sites for hydroxylation is 1. The van der Waals surface area contributed by atoms with Crippen molar-refractivity contribution in [2.24, 2.45) is 0 Å². The zero-order valence-electron chi connectivity index (χ0n) is 13.8. The summed E-state index contributed by atoms with van der Waals surface area (Å²) in [6.07, 6.45) is 0. The Bertz CT molecular complexity index is 1130. The number of halogens is 1. The number of benzene rings is 2. The Morgan fingerprint density at radius 3 is 2.46 bits per heavy atom. The predicted molar refractivity (Wildman–Crippen MR) is 93.9 cm³/mol. The molecule has 0 saturated carbocycles. The first-order valence-electron chi connectivity index (χ1n) is 8.00. The van der Waals surface area contributed by atoms with Crippen LogP contribution >= 0.6 is 0 Å². The number of nitrogens with zero attached hydrogens (tertiary/aromatic N) is 1. The fourth-order valence-corrected chi connectivity index (χ4v) is 2.88. The van der Waals surface area contributed by atoms with E-state index in [4.69, 9.17) is 4.42 Å². The van der Waals surface area contributed by atoms with Gasteiger partial charge in [0, 0.05) is 16.5 Å². The number of fused-ring (bicyclic) bond motifs is 1. The van der Waals surface area contributed by atoms with Crippen LogP contribution in [-0.4, -0.2) is 11.0 Å². The highest BCUT2D eigenvalue weighted by Gasteiger charge is 2.13. The van der Waals surface area contributed by atoms with Gasteiger partial charge < -0.3 is 14.3 Å². The van der Waals surface area contributed by atoms with Crippen LogP contribution in [0.2, 0.25) is 0 Å². The lowest BCUT2D eigenvalue weighted by Crippen LogP contribution is -2.22. The van der Waals surface area contributed by atoms with Gasteiger partial charge in [0.05, 0.1) is 11.5 Å². The summed E-state index contributed by atoms with van der Waals surface area (Å²) in [5.74, 6) is -0.629. The fraction of sp³-hybridized carbons (Fsp3) is 0.0476. The number of carboxylic acids is 1. The highest BCUT2D eigenvalue weighted by molar-refractivity contribution is 6.02. The average Bonchev–Trinajstić information content (AvgIpc) is 3.11. The molecule has 4 rings (SSSR count). The van der Waals surface area contributed by atoms with E-state index in [0.29, 0.717) is 33.7 Å². The summed E-state index contributed by atoms with van der Waals surface area (Å²) in [6.45, 7) is 1.88. The smallest absolute Gasteiger partial charge is 0.153 e. The maximum Gasteiger partial charge on any atom is 0.153 e. The van der Waals surface area contributed by atoms with Gasteiger partial charge in [-0.25, -0.2) is 9.37 Å². The lowest BCUT2D eigenvalue weighted by atomic mass is 10.0. The first-order chi connectivity index (χ1) is 12.5. The minimum Gasteiger partial charge on any atom is -0.545 e. The molecule has 0 aliphatic rings. The van der Waals surface area contributed by atoms with E-state index in [1.165, 1.54) is 18.2 Å². The Hall–Kier alpha value is -3.47. The van der Waals surface area contributed by atoms with Crippen molar-refractivity contribution < 1.29 is 18.7 Å². The first kappa shape index (κ1) is 16.0. The zero-order valence-corrected chi connectivity index (χ0v) is 13.8. The second kappa shape index (κ2) is 6.11. The number of aromatic carboxylic acids is 1. The quantitative estimate of drug-likeness (QED) is 0.563. The van der Waals surface area contributed by atoms with E-state index in [2.05, 4.69) is 4.98 Å². The predicted octanol–water partition coefficient (Wildman–Crippen LogP) is 3.97. The van der Waals surface area contributed by atoms with Crippen LogP contribution in [0.5, 0.6) is 0 Å². The summed E-state index contributed by atoms with van der Waals surface area (Å²) in [6, 6.07) is 16.2. The minimum absolute atomic E-state index is 0.0634. The monoisotopic (exact) mass is 346 g/mol. The first-order valence-corrected chi connectivity index (χ1v) is 8.00. The van der Waals surface area contributed by atoms with Gasteiger partial charge in [-0.2, -0.15) is 0 Å². The van der Waals surface area contributed by atoms with Crippen LogP contribution in [-0.2, 0) is 0 Å². The molecule has 0 N–H and O–H groups in total. The van der Waals surface area contributed by atoms with E-state index in [0.717, 1.165) is 5.56 Å². The van der Waals surface area contributed by atoms with Crippen LogP contribution in [0.25, 0.3) is 33.7 Å². The van der Waals surface area contributed by atoms with Crippen molar-refractivity contribution in [3.05, 3.63) is 77.6 Å². The van der Waals surface area contributed by atoms with Gasteiger partial charge in [-0.1, -0.05) is 11.6 Å². The number of hydrogen-bond donors (Lipinski definition) is 0. The Labute approximate surface area is 148 Å². The van der Waals surface area contributed by atoms with Crippen LogP contribution in [0, 0.1) is 12.7 Å². The van der Waals surface area contributed by atoms with Gasteiger partial charge in [-0.15, -0.1) is 0 Å². The molecule has 2 aromatic carbocycles. The Morgan fingerprint density at radius 2 is 1.73 bits per heavy atom. The Kier molecular flexibility index (Phi) is 3.77. The summed E-state index contributed by atoms with van der Waals surface area (Å²) >= 11 is 0. The second-order valence-corrected chi connectivity index (χ2v) is 6.03. The molecular formula is C21H13FNO3-. The van der Waals surface area contributed by atoms with Crippen LogP contribution in [0.1, 0.15) is 15.9 Å². The van der Waals surface area contributed by atoms with E-state index in [-0.39, 0.29) is 11.4 Å². The maximum absolute atomic E-state index is 13.1. The van der Waals surface area contributed by atoms with Crippen molar-refractivity contribution in [2.45, 2.75) is 6.92 Å². The summed E-state index contributed by atoms with van der Waals surface area (Å²) in [5.41, 5.74) is 2.66. The van der Waals surface area contributed by atoms with Gasteiger partial charge in [0.25, 0.3) is 0 Å². The van der Waals surface area contributed by atoms with Gasteiger partial charge in [0.2, 0.25) is 0 Å². The molecule has 2 heterocycles. The van der Waals surface area contributed by atoms with E-state index < -0.39 is 5.97 Å². The fourth-order valence-electron chi connectivity index (χ4n) is 2.88. The van der Waals surface area contributed by atoms with E-state index in [1.54, 1.807) is 36.4 Å². The topological polar surface area (TPSA) is 66.2 Å². The molecule has 5 heteroatoms. The molecule has 0 unspecified atom stereocenters. The number of hydrogen-bond acceptors (Lipinski definition) is 4. The third kappa shape index (κ3) is 2.84. The lowest BCUT2D eigenvalue weighted by Gasteiger charge is -2.10. The number of furan rings is 1. The molecule has 4 nitrogen and oxygen atoms in total. The largest absolute Gasteiger partial charge is 0.545 e. The van der Waals surface area contributed by atoms with Crippen molar-refractivity contribution in [1.29, 1.82) is 0 Å². The van der Waals surface area contributed by atoms with Gasteiger partial charge in [0.1, 0.15) is 17.3 Å². The highest BCUT2D eigenvalue weighted by atomic mass is 19.1. The van der Waals surface area contributed by atoms with Crippen molar-refractivity contribution in [3.63, 3.8) is 0 Å². The highest BCUT2D eigenvalue weighted by Crippen LogP contribution is 2.30. The van der Waals surface area contributed by atoms with Crippen LogP contribution in [0.3, 0.4) is 0 Å². The molecule has 4 aromatic rings. The Morgan fingerprint density at radius 1 is 1.00 bits per heavy atom. The SMILES string of the molecule is Cc1ccc2nc(-c3ccc(-c4ccc(F)cc4)o3)cc(C(=O)[O-])c2c1. The number of carbonyl (C=O) groups is 1. The molecule has 0 spiro atoms. The molecule has 26 heavy (non-hydrogen) atoms. The number of aromatic nitrogens is 1. The van der Waals surface area contributed by atoms with Gasteiger partial charge in [0.15, 0.2) is 5.76 Å². The summed E-state index contributed by atoms with van der Waals surface area (Å²) in [4.78, 5) is 16.1. The van der Waals surface area contributed by atoms with E-state index in [1.807, 2.05) is 13.0 Å². The summed E-state index contributed by atoms with van der Waals surface area (Å²) in [7, 11) is 0. The summed E-state index contributed by atoms with van der Waals surface area (Å²) in [5, 5.41) is 12.1. The molecule has 128 valence electrons. The van der Waals surface area contributed by atoms with Gasteiger partial charge >= 0.3 is 0 Å². The lowest BCUT2D eigenvalue weighted by molar-refractivity contribution is -0.254. The number of carbonyl (C=O) groups excluding carboxylic acids is 1. The molecule has 2 aromatic heterocycles. The molecule has 0 radical (unpaired) electrons. The molecule has 0 saturated heterocycles. The second-order valence-electron chi connectivity index (χ2n) is 6.03. The maximum atomic E-state index is 13.1. The van der Waals surface area contributed by atoms with Crippen molar-refractivity contribution in [3.8, 4) is 22.8 Å². The number of carboxylic acid groups (broad SMARTS) is 1. The Balaban J connectivity index is 1.83. The van der Waals surface area contributed by atoms with Crippen LogP contribution < -0.4 is 5.11 Å². The molecule has 0 fully saturated rings. The standard InChI is InChI=1S/C21H14FNO3/c1-12-2-7-17-15(10-12)16(21(24)25)11-18(23-17)20-9-8-19(26-20)13-3-5-14(22)6-4-13/h2-11H,1H3,(H,24,25)/p-1. The van der Waals surface area contributed by atoms with Crippen LogP contribution in [0.4, 0.5) is 4.39 Å². The third-order valence-electron chi connectivity index (χ3n) is 4.17. The number of rotatable bonds is 3. The minimum atomic E-state index is -1.27. The number of pyridine rings is 1. The molecule has 0 aliphatic heterocycles. The van der Waals surface area contributed by atoms with E-state index in [9.17, 15) is 14.3 Å². The normalized spacial score (nSPS) is 11.0.